The van der Waals surface area contributed by atoms with Gasteiger partial charge >= 0.3 is 0 Å². The van der Waals surface area contributed by atoms with Gasteiger partial charge < -0.3 is 14.5 Å². The molecule has 0 atom stereocenters. The number of ether oxygens (including phenoxy) is 1. The molecular formula is C22H25N5O3. The molecule has 1 saturated heterocycles. The summed E-state index contributed by atoms with van der Waals surface area (Å²) < 4.78 is 10.8. The molecule has 0 bridgehead atoms. The third kappa shape index (κ3) is 4.06. The van der Waals surface area contributed by atoms with Crippen LogP contribution in [0.5, 0.6) is 0 Å². The van der Waals surface area contributed by atoms with Gasteiger partial charge in [-0.25, -0.2) is 9.97 Å². The Labute approximate surface area is 174 Å². The summed E-state index contributed by atoms with van der Waals surface area (Å²) in [5.74, 6) is 1.31. The molecule has 30 heavy (non-hydrogen) atoms. The second kappa shape index (κ2) is 8.49. The van der Waals surface area contributed by atoms with E-state index in [1.165, 1.54) is 6.39 Å². The number of amides is 1. The smallest absolute Gasteiger partial charge is 0.228 e. The largest absolute Gasteiger partial charge is 0.443 e. The second-order valence-electron chi connectivity index (χ2n) is 7.99. The maximum Gasteiger partial charge on any atom is 0.228 e. The molecule has 0 unspecified atom stereocenters. The van der Waals surface area contributed by atoms with E-state index in [0.717, 1.165) is 68.5 Å². The molecule has 0 radical (unpaired) electrons. The fourth-order valence-electron chi connectivity index (χ4n) is 4.47. The average molecular weight is 407 g/mol. The number of aromatic nitrogens is 3. The summed E-state index contributed by atoms with van der Waals surface area (Å²) in [4.78, 5) is 28.1. The van der Waals surface area contributed by atoms with Gasteiger partial charge in [0.2, 0.25) is 5.91 Å². The topological polar surface area (TPSA) is 93.4 Å². The van der Waals surface area contributed by atoms with Crippen LogP contribution in [0.25, 0.3) is 22.2 Å². The lowest BCUT2D eigenvalue weighted by Crippen LogP contribution is -2.45. The maximum absolute atomic E-state index is 12.8. The number of morpholine rings is 1. The summed E-state index contributed by atoms with van der Waals surface area (Å²) in [7, 11) is 0. The Bertz CT molecular complexity index is 1010. The number of oxazole rings is 1. The lowest BCUT2D eigenvalue weighted by Gasteiger charge is -2.38. The highest BCUT2D eigenvalue weighted by Gasteiger charge is 2.30. The Morgan fingerprint density at radius 2 is 1.87 bits per heavy atom. The number of hydrogen-bond acceptors (Lipinski definition) is 7. The van der Waals surface area contributed by atoms with Crippen molar-refractivity contribution in [3.8, 4) is 11.3 Å². The number of fused-ring (bicyclic) bond motifs is 1. The van der Waals surface area contributed by atoms with Crippen molar-refractivity contribution in [3.63, 3.8) is 0 Å². The molecule has 4 heterocycles. The van der Waals surface area contributed by atoms with E-state index in [2.05, 4.69) is 25.2 Å². The van der Waals surface area contributed by atoms with Gasteiger partial charge in [0.25, 0.3) is 0 Å². The zero-order valence-corrected chi connectivity index (χ0v) is 16.8. The Morgan fingerprint density at radius 1 is 1.03 bits per heavy atom. The van der Waals surface area contributed by atoms with E-state index in [4.69, 9.17) is 9.15 Å². The van der Waals surface area contributed by atoms with Crippen LogP contribution in [0.3, 0.4) is 0 Å². The lowest BCUT2D eigenvalue weighted by atomic mass is 9.84. The average Bonchev–Trinajstić information content (AvgIpc) is 3.34. The number of pyridine rings is 2. The maximum atomic E-state index is 12.8. The Morgan fingerprint density at radius 3 is 2.63 bits per heavy atom. The Hall–Kier alpha value is -2.84. The van der Waals surface area contributed by atoms with Gasteiger partial charge in [-0.2, -0.15) is 0 Å². The second-order valence-corrected chi connectivity index (χ2v) is 7.99. The molecule has 0 spiro atoms. The van der Waals surface area contributed by atoms with E-state index in [1.807, 2.05) is 12.1 Å². The van der Waals surface area contributed by atoms with Gasteiger partial charge in [0.05, 0.1) is 31.1 Å². The minimum Gasteiger partial charge on any atom is -0.443 e. The molecule has 3 aromatic rings. The van der Waals surface area contributed by atoms with E-state index >= 15 is 0 Å². The van der Waals surface area contributed by atoms with Gasteiger partial charge in [-0.3, -0.25) is 14.7 Å². The van der Waals surface area contributed by atoms with Crippen LogP contribution in [0, 0.1) is 5.92 Å². The standard InChI is InChI=1S/C22H25N5O3/c28-22(15-1-3-18(4-2-15)27-5-7-29-8-6-27)26-21-10-16-9-17(20-13-23-14-30-20)11-24-19(16)12-25-21/h9-15,18H,1-8H2,(H,25,26,28)/t15-,18+. The lowest BCUT2D eigenvalue weighted by molar-refractivity contribution is -0.121. The molecule has 1 aliphatic carbocycles. The molecule has 1 N–H and O–H groups in total. The van der Waals surface area contributed by atoms with E-state index in [1.54, 1.807) is 18.6 Å². The number of anilines is 1. The first-order valence-electron chi connectivity index (χ1n) is 10.5. The quantitative estimate of drug-likeness (QED) is 0.710. The van der Waals surface area contributed by atoms with Crippen LogP contribution >= 0.6 is 0 Å². The predicted octanol–water partition coefficient (Wildman–Crippen LogP) is 3.11. The van der Waals surface area contributed by atoms with Crippen molar-refractivity contribution >= 4 is 22.6 Å². The molecule has 8 nitrogen and oxygen atoms in total. The van der Waals surface area contributed by atoms with E-state index in [9.17, 15) is 4.79 Å². The number of carbonyl (C=O) groups is 1. The summed E-state index contributed by atoms with van der Waals surface area (Å²) in [5, 5.41) is 3.90. The minimum atomic E-state index is 0.0402. The van der Waals surface area contributed by atoms with Crippen LogP contribution in [-0.4, -0.2) is 58.1 Å². The monoisotopic (exact) mass is 407 g/mol. The molecule has 8 heteroatoms. The van der Waals surface area contributed by atoms with Crippen molar-refractivity contribution in [2.75, 3.05) is 31.6 Å². The van der Waals surface area contributed by atoms with Gasteiger partial charge in [-0.15, -0.1) is 0 Å². The highest BCUT2D eigenvalue weighted by molar-refractivity contribution is 5.94. The predicted molar refractivity (Wildman–Crippen MR) is 112 cm³/mol. The summed E-state index contributed by atoms with van der Waals surface area (Å²) in [5.41, 5.74) is 1.60. The van der Waals surface area contributed by atoms with E-state index < -0.39 is 0 Å². The van der Waals surface area contributed by atoms with Crippen molar-refractivity contribution in [2.24, 2.45) is 5.92 Å². The van der Waals surface area contributed by atoms with Crippen molar-refractivity contribution in [3.05, 3.63) is 37.1 Å². The first-order valence-corrected chi connectivity index (χ1v) is 10.5. The minimum absolute atomic E-state index is 0.0402. The normalized spacial score (nSPS) is 22.8. The molecule has 5 rings (SSSR count). The molecular weight excluding hydrogens is 382 g/mol. The highest BCUT2D eigenvalue weighted by atomic mass is 16.5. The first-order chi connectivity index (χ1) is 14.8. The van der Waals surface area contributed by atoms with Crippen LogP contribution in [0.2, 0.25) is 0 Å². The van der Waals surface area contributed by atoms with Crippen molar-refractivity contribution in [1.82, 2.24) is 19.9 Å². The third-order valence-electron chi connectivity index (χ3n) is 6.17. The van der Waals surface area contributed by atoms with Crippen molar-refractivity contribution in [1.29, 1.82) is 0 Å². The highest BCUT2D eigenvalue weighted by Crippen LogP contribution is 2.29. The van der Waals surface area contributed by atoms with E-state index in [-0.39, 0.29) is 11.8 Å². The fraction of sp³-hybridized carbons (Fsp3) is 0.455. The SMILES string of the molecule is O=C(Nc1cc2cc(-c3cnco3)cnc2cn1)[C@H]1CC[C@@H](N2CCOCC2)CC1. The van der Waals surface area contributed by atoms with Crippen molar-refractivity contribution < 1.29 is 13.9 Å². The summed E-state index contributed by atoms with van der Waals surface area (Å²) in [6.45, 7) is 3.65. The van der Waals surface area contributed by atoms with Crippen LogP contribution in [0.1, 0.15) is 25.7 Å². The molecule has 1 amide bonds. The van der Waals surface area contributed by atoms with Crippen molar-refractivity contribution in [2.45, 2.75) is 31.7 Å². The van der Waals surface area contributed by atoms with Gasteiger partial charge in [0.15, 0.2) is 12.2 Å². The number of nitrogens with zero attached hydrogens (tertiary/aromatic N) is 4. The first kappa shape index (κ1) is 19.1. The van der Waals surface area contributed by atoms with E-state index in [0.29, 0.717) is 17.6 Å². The van der Waals surface area contributed by atoms with Crippen LogP contribution in [-0.2, 0) is 9.53 Å². The van der Waals surface area contributed by atoms with Gasteiger partial charge in [0, 0.05) is 42.2 Å². The fourth-order valence-corrected chi connectivity index (χ4v) is 4.47. The Balaban J connectivity index is 1.23. The van der Waals surface area contributed by atoms with Crippen LogP contribution in [0.4, 0.5) is 5.82 Å². The zero-order chi connectivity index (χ0) is 20.3. The molecule has 1 aliphatic heterocycles. The summed E-state index contributed by atoms with van der Waals surface area (Å²) in [6, 6.07) is 4.41. The molecule has 0 aromatic carbocycles. The third-order valence-corrected chi connectivity index (χ3v) is 6.17. The van der Waals surface area contributed by atoms with Crippen LogP contribution < -0.4 is 5.32 Å². The Kier molecular flexibility index (Phi) is 5.42. The number of hydrogen-bond donors (Lipinski definition) is 1. The number of rotatable bonds is 4. The van der Waals surface area contributed by atoms with Gasteiger partial charge in [-0.1, -0.05) is 0 Å². The molecule has 3 aromatic heterocycles. The molecule has 2 fully saturated rings. The van der Waals surface area contributed by atoms with Crippen LogP contribution in [0.15, 0.2) is 41.5 Å². The molecule has 1 saturated carbocycles. The van der Waals surface area contributed by atoms with Gasteiger partial charge in [0.1, 0.15) is 5.82 Å². The zero-order valence-electron chi connectivity index (χ0n) is 16.8. The summed E-state index contributed by atoms with van der Waals surface area (Å²) >= 11 is 0. The molecule has 156 valence electrons. The number of nitrogens with one attached hydrogen (secondary N) is 1. The molecule has 2 aliphatic rings. The number of carbonyl (C=O) groups excluding carboxylic acids is 1. The summed E-state index contributed by atoms with van der Waals surface area (Å²) in [6.07, 6.45) is 10.4. The van der Waals surface area contributed by atoms with Gasteiger partial charge in [-0.05, 0) is 37.8 Å².